The normalized spacial score (nSPS) is 25.9. The summed E-state index contributed by atoms with van der Waals surface area (Å²) in [7, 11) is 3.88. The van der Waals surface area contributed by atoms with Crippen molar-refractivity contribution in [1.82, 2.24) is 10.3 Å². The van der Waals surface area contributed by atoms with Crippen molar-refractivity contribution in [2.45, 2.75) is 12.5 Å². The Morgan fingerprint density at radius 1 is 1.40 bits per heavy atom. The van der Waals surface area contributed by atoms with Gasteiger partial charge in [0, 0.05) is 41.2 Å². The molecule has 0 radical (unpaired) electrons. The van der Waals surface area contributed by atoms with Crippen LogP contribution >= 0.6 is 31.9 Å². The summed E-state index contributed by atoms with van der Waals surface area (Å²) in [6.07, 6.45) is 1.04. The van der Waals surface area contributed by atoms with Gasteiger partial charge in [-0.15, -0.1) is 0 Å². The summed E-state index contributed by atoms with van der Waals surface area (Å²) >= 11 is 7.14. The molecule has 0 aromatic heterocycles. The van der Waals surface area contributed by atoms with Gasteiger partial charge in [0.25, 0.3) is 0 Å². The Morgan fingerprint density at radius 3 is 2.95 bits per heavy atom. The van der Waals surface area contributed by atoms with Crippen molar-refractivity contribution >= 4 is 37.6 Å². The number of methoxy groups -OCH3 is 1. The summed E-state index contributed by atoms with van der Waals surface area (Å²) in [6.45, 7) is 2.12. The van der Waals surface area contributed by atoms with Crippen LogP contribution in [0.3, 0.4) is 0 Å². The Balaban J connectivity index is 1.98. The van der Waals surface area contributed by atoms with E-state index in [2.05, 4.69) is 60.4 Å². The molecule has 2 unspecified atom stereocenters. The van der Waals surface area contributed by atoms with Crippen molar-refractivity contribution in [3.63, 3.8) is 0 Å². The lowest BCUT2D eigenvalue weighted by Crippen LogP contribution is -2.39. The summed E-state index contributed by atoms with van der Waals surface area (Å²) in [6, 6.07) is 4.30. The van der Waals surface area contributed by atoms with Gasteiger partial charge in [-0.3, -0.25) is 0 Å². The average molecular weight is 403 g/mol. The minimum absolute atomic E-state index is 0.177. The zero-order valence-corrected chi connectivity index (χ0v) is 14.7. The Bertz CT molecular complexity index is 562. The van der Waals surface area contributed by atoms with Crippen molar-refractivity contribution in [3.8, 4) is 5.75 Å². The molecule has 6 heteroatoms. The lowest BCUT2D eigenvalue weighted by atomic mass is 9.86. The molecule has 1 aromatic carbocycles. The quantitative estimate of drug-likeness (QED) is 0.825. The van der Waals surface area contributed by atoms with E-state index >= 15 is 0 Å². The predicted molar refractivity (Wildman–Crippen MR) is 87.3 cm³/mol. The van der Waals surface area contributed by atoms with Crippen LogP contribution in [0.25, 0.3) is 0 Å². The molecular formula is C14H17Br2N3O. The summed E-state index contributed by atoms with van der Waals surface area (Å²) < 4.78 is 7.58. The molecular weight excluding hydrogens is 386 g/mol. The topological polar surface area (TPSA) is 36.9 Å². The van der Waals surface area contributed by atoms with E-state index in [-0.39, 0.29) is 6.04 Å². The molecule has 0 amide bonds. The fourth-order valence-corrected chi connectivity index (χ4v) is 4.44. The third-order valence-corrected chi connectivity index (χ3v) is 5.06. The number of ether oxygens (including phenoxy) is 1. The minimum Gasteiger partial charge on any atom is -0.495 e. The maximum absolute atomic E-state index is 5.58. The molecule has 20 heavy (non-hydrogen) atoms. The van der Waals surface area contributed by atoms with Gasteiger partial charge in [-0.25, -0.2) is 0 Å². The van der Waals surface area contributed by atoms with Crippen molar-refractivity contribution < 1.29 is 4.74 Å². The summed E-state index contributed by atoms with van der Waals surface area (Å²) in [5.74, 6) is 1.30. The molecule has 2 aliphatic rings. The fourth-order valence-electron chi connectivity index (χ4n) is 3.02. The van der Waals surface area contributed by atoms with Crippen molar-refractivity contribution in [1.29, 1.82) is 0 Å². The average Bonchev–Trinajstić information content (AvgIpc) is 2.80. The SMILES string of the molecule is COc1c(Br)cc(Br)cc1C1NN=C2CCN(C)CC21. The van der Waals surface area contributed by atoms with E-state index in [1.54, 1.807) is 7.11 Å². The van der Waals surface area contributed by atoms with E-state index in [1.165, 1.54) is 5.71 Å². The highest BCUT2D eigenvalue weighted by molar-refractivity contribution is 9.11. The number of hydrogen-bond acceptors (Lipinski definition) is 4. The van der Waals surface area contributed by atoms with Gasteiger partial charge in [0.05, 0.1) is 17.6 Å². The number of rotatable bonds is 2. The van der Waals surface area contributed by atoms with Crippen LogP contribution in [-0.2, 0) is 0 Å². The Morgan fingerprint density at radius 2 is 2.20 bits per heavy atom. The van der Waals surface area contributed by atoms with Crippen LogP contribution in [0.4, 0.5) is 0 Å². The first kappa shape index (κ1) is 14.4. The third-order valence-electron chi connectivity index (χ3n) is 4.01. The van der Waals surface area contributed by atoms with Crippen LogP contribution in [0.2, 0.25) is 0 Å². The van der Waals surface area contributed by atoms with Crippen LogP contribution < -0.4 is 10.2 Å². The van der Waals surface area contributed by atoms with Gasteiger partial charge in [0.1, 0.15) is 5.75 Å². The first-order valence-corrected chi connectivity index (χ1v) is 8.22. The molecule has 108 valence electrons. The number of benzene rings is 1. The number of likely N-dealkylation sites (tertiary alicyclic amines) is 1. The molecule has 1 aromatic rings. The van der Waals surface area contributed by atoms with E-state index in [4.69, 9.17) is 4.74 Å². The second-order valence-corrected chi connectivity index (χ2v) is 7.11. The largest absolute Gasteiger partial charge is 0.495 e. The third kappa shape index (κ3) is 2.49. The van der Waals surface area contributed by atoms with Crippen LogP contribution in [0.15, 0.2) is 26.2 Å². The highest BCUT2D eigenvalue weighted by atomic mass is 79.9. The van der Waals surface area contributed by atoms with Crippen LogP contribution in [0.1, 0.15) is 18.0 Å². The molecule has 4 nitrogen and oxygen atoms in total. The monoisotopic (exact) mass is 401 g/mol. The van der Waals surface area contributed by atoms with Gasteiger partial charge in [0.15, 0.2) is 0 Å². The van der Waals surface area contributed by atoms with Crippen LogP contribution in [0.5, 0.6) is 5.75 Å². The molecule has 1 N–H and O–H groups in total. The first-order chi connectivity index (χ1) is 9.60. The van der Waals surface area contributed by atoms with E-state index in [1.807, 2.05) is 6.07 Å². The van der Waals surface area contributed by atoms with E-state index in [0.29, 0.717) is 5.92 Å². The van der Waals surface area contributed by atoms with E-state index in [9.17, 15) is 0 Å². The minimum atomic E-state index is 0.177. The van der Waals surface area contributed by atoms with Gasteiger partial charge < -0.3 is 15.1 Å². The Hall–Kier alpha value is -0.590. The lowest BCUT2D eigenvalue weighted by molar-refractivity contribution is 0.270. The molecule has 2 aliphatic heterocycles. The van der Waals surface area contributed by atoms with E-state index in [0.717, 1.165) is 39.8 Å². The van der Waals surface area contributed by atoms with Gasteiger partial charge in [-0.05, 0) is 35.1 Å². The standard InChI is InChI=1S/C14H17Br2N3O/c1-19-4-3-12-10(7-19)13(18-17-12)9-5-8(15)6-11(16)14(9)20-2/h5-6,10,13,18H,3-4,7H2,1-2H3. The number of nitrogens with zero attached hydrogens (tertiary/aromatic N) is 2. The zero-order chi connectivity index (χ0) is 14.3. The predicted octanol–water partition coefficient (Wildman–Crippen LogP) is 3.17. The molecule has 0 bridgehead atoms. The number of nitrogens with one attached hydrogen (secondary N) is 1. The molecule has 2 heterocycles. The number of hydrogen-bond donors (Lipinski definition) is 1. The molecule has 2 atom stereocenters. The zero-order valence-electron chi connectivity index (χ0n) is 11.5. The highest BCUT2D eigenvalue weighted by Gasteiger charge is 2.37. The van der Waals surface area contributed by atoms with Crippen LogP contribution in [0, 0.1) is 5.92 Å². The molecule has 0 aliphatic carbocycles. The van der Waals surface area contributed by atoms with Gasteiger partial charge >= 0.3 is 0 Å². The summed E-state index contributed by atoms with van der Waals surface area (Å²) in [4.78, 5) is 2.36. The number of hydrazone groups is 1. The lowest BCUT2D eigenvalue weighted by Gasteiger charge is -2.31. The van der Waals surface area contributed by atoms with Crippen molar-refractivity contribution in [2.24, 2.45) is 11.0 Å². The molecule has 0 saturated carbocycles. The number of halogens is 2. The molecule has 0 spiro atoms. The fraction of sp³-hybridized carbons (Fsp3) is 0.500. The molecule has 3 rings (SSSR count). The second-order valence-electron chi connectivity index (χ2n) is 5.34. The molecule has 1 saturated heterocycles. The van der Waals surface area contributed by atoms with Crippen molar-refractivity contribution in [2.75, 3.05) is 27.2 Å². The maximum Gasteiger partial charge on any atom is 0.138 e. The van der Waals surface area contributed by atoms with Crippen LogP contribution in [-0.4, -0.2) is 37.9 Å². The van der Waals surface area contributed by atoms with Crippen molar-refractivity contribution in [3.05, 3.63) is 26.6 Å². The smallest absolute Gasteiger partial charge is 0.138 e. The maximum atomic E-state index is 5.58. The Kier molecular flexibility index (Phi) is 4.06. The Labute approximate surface area is 135 Å². The van der Waals surface area contributed by atoms with Gasteiger partial charge in [0.2, 0.25) is 0 Å². The summed E-state index contributed by atoms with van der Waals surface area (Å²) in [5.41, 5.74) is 5.73. The summed E-state index contributed by atoms with van der Waals surface area (Å²) in [5, 5.41) is 4.54. The van der Waals surface area contributed by atoms with Gasteiger partial charge in [-0.1, -0.05) is 15.9 Å². The second kappa shape index (κ2) is 5.66. The first-order valence-electron chi connectivity index (χ1n) is 6.63. The number of fused-ring (bicyclic) bond motifs is 1. The van der Waals surface area contributed by atoms with E-state index < -0.39 is 0 Å². The molecule has 1 fully saturated rings. The van der Waals surface area contributed by atoms with Gasteiger partial charge in [-0.2, -0.15) is 5.10 Å². The number of piperidine rings is 1. The highest BCUT2D eigenvalue weighted by Crippen LogP contribution is 2.41.